The standard InChI is InChI=1S/C21H21FN6O/c22-15-5-7-26(10-15)17-11-27(12-17)19-4-3-16(8-24-19)28-9-14-13-29-21-18(20(14)25-28)2-1-6-23-21/h1-4,6,8-9,15,17H,5,7,10-13H2. The van der Waals surface area contributed by atoms with Crippen LogP contribution in [-0.4, -0.2) is 63.0 Å². The maximum Gasteiger partial charge on any atom is 0.223 e. The summed E-state index contributed by atoms with van der Waals surface area (Å²) in [6.45, 7) is 3.75. The maximum absolute atomic E-state index is 13.4. The first-order valence-electron chi connectivity index (χ1n) is 10.0. The Kier molecular flexibility index (Phi) is 3.80. The van der Waals surface area contributed by atoms with Crippen LogP contribution in [0.15, 0.2) is 42.9 Å². The molecule has 1 atom stereocenters. The van der Waals surface area contributed by atoms with Crippen molar-refractivity contribution < 1.29 is 9.13 Å². The van der Waals surface area contributed by atoms with Crippen LogP contribution in [0.5, 0.6) is 5.88 Å². The van der Waals surface area contributed by atoms with Gasteiger partial charge in [0.15, 0.2) is 0 Å². The predicted molar refractivity (Wildman–Crippen MR) is 106 cm³/mol. The Balaban J connectivity index is 1.18. The molecule has 0 radical (unpaired) electrons. The van der Waals surface area contributed by atoms with Gasteiger partial charge in [-0.25, -0.2) is 19.0 Å². The van der Waals surface area contributed by atoms with Gasteiger partial charge in [0.05, 0.1) is 17.4 Å². The normalized spacial score (nSPS) is 21.4. The third-order valence-electron chi connectivity index (χ3n) is 6.04. The van der Waals surface area contributed by atoms with Gasteiger partial charge < -0.3 is 9.64 Å². The third kappa shape index (κ3) is 2.86. The van der Waals surface area contributed by atoms with Gasteiger partial charge in [-0.2, -0.15) is 5.10 Å². The van der Waals surface area contributed by atoms with E-state index in [9.17, 15) is 4.39 Å². The molecule has 6 rings (SSSR count). The van der Waals surface area contributed by atoms with E-state index in [0.29, 0.717) is 31.5 Å². The second-order valence-electron chi connectivity index (χ2n) is 7.91. The van der Waals surface area contributed by atoms with Crippen molar-refractivity contribution >= 4 is 5.82 Å². The lowest BCUT2D eigenvalue weighted by Gasteiger charge is -2.44. The zero-order valence-electron chi connectivity index (χ0n) is 15.9. The number of aromatic nitrogens is 4. The molecule has 3 aliphatic rings. The van der Waals surface area contributed by atoms with Gasteiger partial charge in [0.1, 0.15) is 24.3 Å². The first-order chi connectivity index (χ1) is 14.2. The van der Waals surface area contributed by atoms with Crippen LogP contribution in [0.1, 0.15) is 12.0 Å². The average molecular weight is 392 g/mol. The number of halogens is 1. The molecule has 6 heterocycles. The van der Waals surface area contributed by atoms with E-state index in [2.05, 4.69) is 19.8 Å². The lowest BCUT2D eigenvalue weighted by atomic mass is 10.1. The Morgan fingerprint density at radius 1 is 1.10 bits per heavy atom. The minimum atomic E-state index is -0.658. The first kappa shape index (κ1) is 16.9. The lowest BCUT2D eigenvalue weighted by Crippen LogP contribution is -2.59. The van der Waals surface area contributed by atoms with Gasteiger partial charge >= 0.3 is 0 Å². The fourth-order valence-corrected chi connectivity index (χ4v) is 4.36. The third-order valence-corrected chi connectivity index (χ3v) is 6.04. The molecule has 1 unspecified atom stereocenters. The largest absolute Gasteiger partial charge is 0.472 e. The topological polar surface area (TPSA) is 59.3 Å². The molecule has 3 aromatic heterocycles. The fourth-order valence-electron chi connectivity index (χ4n) is 4.36. The molecule has 7 nitrogen and oxygen atoms in total. The molecule has 0 N–H and O–H groups in total. The van der Waals surface area contributed by atoms with E-state index in [1.165, 1.54) is 0 Å². The minimum absolute atomic E-state index is 0.448. The summed E-state index contributed by atoms with van der Waals surface area (Å²) in [7, 11) is 0. The van der Waals surface area contributed by atoms with Crippen molar-refractivity contribution in [1.29, 1.82) is 0 Å². The number of anilines is 1. The summed E-state index contributed by atoms with van der Waals surface area (Å²) in [5.74, 6) is 1.58. The fraction of sp³-hybridized carbons (Fsp3) is 0.381. The number of nitrogens with zero attached hydrogens (tertiary/aromatic N) is 6. The molecular formula is C21H21FN6O. The molecule has 148 valence electrons. The Bertz CT molecular complexity index is 1050. The molecule has 3 aromatic rings. The van der Waals surface area contributed by atoms with E-state index >= 15 is 0 Å². The summed E-state index contributed by atoms with van der Waals surface area (Å²) < 4.78 is 21.0. The van der Waals surface area contributed by atoms with E-state index in [-0.39, 0.29) is 0 Å². The molecule has 29 heavy (non-hydrogen) atoms. The van der Waals surface area contributed by atoms with Crippen LogP contribution in [0.3, 0.4) is 0 Å². The van der Waals surface area contributed by atoms with Crippen LogP contribution in [0, 0.1) is 0 Å². The van der Waals surface area contributed by atoms with E-state index in [1.54, 1.807) is 6.20 Å². The molecule has 0 amide bonds. The summed E-state index contributed by atoms with van der Waals surface area (Å²) in [5, 5.41) is 4.74. The second kappa shape index (κ2) is 6.52. The predicted octanol–water partition coefficient (Wildman–Crippen LogP) is 2.45. The van der Waals surface area contributed by atoms with Crippen molar-refractivity contribution in [3.8, 4) is 22.8 Å². The van der Waals surface area contributed by atoms with Crippen molar-refractivity contribution in [2.45, 2.75) is 25.2 Å². The van der Waals surface area contributed by atoms with Gasteiger partial charge in [-0.3, -0.25) is 4.90 Å². The highest BCUT2D eigenvalue weighted by atomic mass is 19.1. The summed E-state index contributed by atoms with van der Waals surface area (Å²) in [4.78, 5) is 13.4. The van der Waals surface area contributed by atoms with Gasteiger partial charge in [-0.05, 0) is 30.7 Å². The molecular weight excluding hydrogens is 371 g/mol. The smallest absolute Gasteiger partial charge is 0.223 e. The molecule has 0 bridgehead atoms. The number of fused-ring (bicyclic) bond motifs is 3. The average Bonchev–Trinajstić information content (AvgIpc) is 3.34. The molecule has 0 spiro atoms. The zero-order valence-corrected chi connectivity index (χ0v) is 15.9. The molecule has 2 fully saturated rings. The zero-order chi connectivity index (χ0) is 19.4. The van der Waals surface area contributed by atoms with Crippen molar-refractivity contribution in [3.63, 3.8) is 0 Å². The summed E-state index contributed by atoms with van der Waals surface area (Å²) in [6, 6.07) is 8.38. The van der Waals surface area contributed by atoms with Gasteiger partial charge in [0, 0.05) is 50.2 Å². The lowest BCUT2D eigenvalue weighted by molar-refractivity contribution is 0.188. The maximum atomic E-state index is 13.4. The number of rotatable bonds is 3. The monoisotopic (exact) mass is 392 g/mol. The van der Waals surface area contributed by atoms with E-state index in [4.69, 9.17) is 9.84 Å². The van der Waals surface area contributed by atoms with Gasteiger partial charge in [0.2, 0.25) is 5.88 Å². The van der Waals surface area contributed by atoms with Crippen molar-refractivity contribution in [2.75, 3.05) is 31.1 Å². The summed E-state index contributed by atoms with van der Waals surface area (Å²) in [5.41, 5.74) is 3.77. The van der Waals surface area contributed by atoms with E-state index in [0.717, 1.165) is 48.0 Å². The summed E-state index contributed by atoms with van der Waals surface area (Å²) in [6.07, 6.45) is 5.57. The molecule has 8 heteroatoms. The number of hydrogen-bond donors (Lipinski definition) is 0. The Morgan fingerprint density at radius 2 is 2.03 bits per heavy atom. The van der Waals surface area contributed by atoms with Crippen molar-refractivity contribution in [2.24, 2.45) is 0 Å². The first-order valence-corrected chi connectivity index (χ1v) is 10.0. The SMILES string of the molecule is FC1CCN(C2CN(c3ccc(-n4cc5c(n4)-c4cccnc4OC5)cn3)C2)C1. The summed E-state index contributed by atoms with van der Waals surface area (Å²) >= 11 is 0. The highest BCUT2D eigenvalue weighted by Gasteiger charge is 2.36. The number of ether oxygens (including phenoxy) is 1. The Morgan fingerprint density at radius 3 is 2.83 bits per heavy atom. The number of hydrogen-bond acceptors (Lipinski definition) is 6. The Hall–Kier alpha value is -3.00. The van der Waals surface area contributed by atoms with Crippen LogP contribution in [-0.2, 0) is 6.61 Å². The number of alkyl halides is 1. The highest BCUT2D eigenvalue weighted by molar-refractivity contribution is 5.69. The van der Waals surface area contributed by atoms with Crippen molar-refractivity contribution in [3.05, 3.63) is 48.4 Å². The number of pyridine rings is 2. The van der Waals surface area contributed by atoms with Crippen LogP contribution >= 0.6 is 0 Å². The molecule has 2 saturated heterocycles. The number of likely N-dealkylation sites (tertiary alicyclic amines) is 1. The van der Waals surface area contributed by atoms with Gasteiger partial charge in [-0.1, -0.05) is 0 Å². The molecule has 3 aliphatic heterocycles. The quantitative estimate of drug-likeness (QED) is 0.683. The van der Waals surface area contributed by atoms with Crippen molar-refractivity contribution in [1.82, 2.24) is 24.6 Å². The minimum Gasteiger partial charge on any atom is -0.472 e. The van der Waals surface area contributed by atoms with Crippen LogP contribution in [0.25, 0.3) is 16.9 Å². The van der Waals surface area contributed by atoms with Crippen LogP contribution in [0.2, 0.25) is 0 Å². The van der Waals surface area contributed by atoms with Gasteiger partial charge in [0.25, 0.3) is 0 Å². The Labute approximate surface area is 167 Å². The van der Waals surface area contributed by atoms with E-state index < -0.39 is 6.17 Å². The van der Waals surface area contributed by atoms with Crippen LogP contribution in [0.4, 0.5) is 10.2 Å². The van der Waals surface area contributed by atoms with Crippen LogP contribution < -0.4 is 9.64 Å². The molecule has 0 aromatic carbocycles. The molecule has 0 saturated carbocycles. The van der Waals surface area contributed by atoms with Gasteiger partial charge in [-0.15, -0.1) is 0 Å². The van der Waals surface area contributed by atoms with E-state index in [1.807, 2.05) is 41.3 Å². The highest BCUT2D eigenvalue weighted by Crippen LogP contribution is 2.35. The molecule has 0 aliphatic carbocycles. The second-order valence-corrected chi connectivity index (χ2v) is 7.91.